The third kappa shape index (κ3) is 3.19. The van der Waals surface area contributed by atoms with Crippen molar-refractivity contribution in [2.24, 2.45) is 0 Å². The van der Waals surface area contributed by atoms with Gasteiger partial charge in [0.1, 0.15) is 22.7 Å². The molecule has 0 saturated carbocycles. The molecule has 1 aromatic carbocycles. The lowest BCUT2D eigenvalue weighted by Crippen LogP contribution is -2.62. The van der Waals surface area contributed by atoms with Crippen molar-refractivity contribution in [2.45, 2.75) is 36.8 Å². The zero-order valence-corrected chi connectivity index (χ0v) is 15.9. The Morgan fingerprint density at radius 2 is 2.07 bits per heavy atom. The van der Waals surface area contributed by atoms with E-state index in [1.807, 2.05) is 0 Å². The Bertz CT molecular complexity index is 804. The minimum Gasteiger partial charge on any atom is -0.508 e. The minimum atomic E-state index is -0.277. The SMILES string of the molecule is Oc1ccc(F)cc1C1CCN([C@@H]2COC3(C2)CN(c2nncs2)C3)CC1. The highest BCUT2D eigenvalue weighted by atomic mass is 32.1. The summed E-state index contributed by atoms with van der Waals surface area (Å²) in [6, 6.07) is 4.71. The first-order chi connectivity index (χ1) is 13.1. The minimum absolute atomic E-state index is 0.0337. The molecule has 1 N–H and O–H groups in total. The molecule has 1 atom stereocenters. The van der Waals surface area contributed by atoms with E-state index in [9.17, 15) is 9.50 Å². The van der Waals surface area contributed by atoms with Crippen LogP contribution in [0, 0.1) is 5.82 Å². The Morgan fingerprint density at radius 3 is 2.81 bits per heavy atom. The lowest BCUT2D eigenvalue weighted by molar-refractivity contribution is -0.0195. The molecule has 3 saturated heterocycles. The number of likely N-dealkylation sites (tertiary alicyclic amines) is 1. The number of phenols is 1. The highest BCUT2D eigenvalue weighted by molar-refractivity contribution is 7.13. The molecule has 8 heteroatoms. The molecule has 0 radical (unpaired) electrons. The average molecular weight is 390 g/mol. The van der Waals surface area contributed by atoms with E-state index in [2.05, 4.69) is 20.0 Å². The van der Waals surface area contributed by atoms with Gasteiger partial charge in [0.2, 0.25) is 5.13 Å². The van der Waals surface area contributed by atoms with E-state index in [4.69, 9.17) is 4.74 Å². The molecular weight excluding hydrogens is 367 g/mol. The summed E-state index contributed by atoms with van der Waals surface area (Å²) in [5, 5.41) is 19.1. The highest BCUT2D eigenvalue weighted by Gasteiger charge is 2.51. The van der Waals surface area contributed by atoms with Crippen LogP contribution in [0.25, 0.3) is 0 Å². The molecule has 4 heterocycles. The van der Waals surface area contributed by atoms with Gasteiger partial charge in [0.25, 0.3) is 0 Å². The quantitative estimate of drug-likeness (QED) is 0.869. The molecule has 0 bridgehead atoms. The zero-order chi connectivity index (χ0) is 18.4. The van der Waals surface area contributed by atoms with E-state index in [0.717, 1.165) is 62.7 Å². The molecule has 3 aliphatic rings. The van der Waals surface area contributed by atoms with Gasteiger partial charge in [-0.1, -0.05) is 11.3 Å². The number of rotatable bonds is 3. The summed E-state index contributed by atoms with van der Waals surface area (Å²) in [5.74, 6) is 0.162. The normalized spacial score (nSPS) is 25.8. The molecule has 1 aromatic heterocycles. The summed E-state index contributed by atoms with van der Waals surface area (Å²) in [6.45, 7) is 4.49. The van der Waals surface area contributed by atoms with Crippen LogP contribution in [-0.2, 0) is 4.74 Å². The van der Waals surface area contributed by atoms with Gasteiger partial charge < -0.3 is 14.7 Å². The largest absolute Gasteiger partial charge is 0.508 e. The molecule has 0 amide bonds. The fourth-order valence-electron chi connectivity index (χ4n) is 4.79. The monoisotopic (exact) mass is 390 g/mol. The van der Waals surface area contributed by atoms with Crippen LogP contribution in [0.4, 0.5) is 9.52 Å². The van der Waals surface area contributed by atoms with E-state index in [1.165, 1.54) is 18.2 Å². The third-order valence-electron chi connectivity index (χ3n) is 6.24. The molecule has 0 unspecified atom stereocenters. The van der Waals surface area contributed by atoms with Gasteiger partial charge in [0.05, 0.1) is 19.7 Å². The smallest absolute Gasteiger partial charge is 0.208 e. The Morgan fingerprint density at radius 1 is 1.26 bits per heavy atom. The molecule has 27 heavy (non-hydrogen) atoms. The van der Waals surface area contributed by atoms with Crippen LogP contribution in [-0.4, -0.2) is 64.6 Å². The van der Waals surface area contributed by atoms with Crippen molar-refractivity contribution >= 4 is 16.5 Å². The Balaban J connectivity index is 1.16. The van der Waals surface area contributed by atoms with Crippen molar-refractivity contribution in [1.82, 2.24) is 15.1 Å². The lowest BCUT2D eigenvalue weighted by atomic mass is 9.86. The maximum Gasteiger partial charge on any atom is 0.208 e. The number of aromatic nitrogens is 2. The molecule has 3 aliphatic heterocycles. The molecular formula is C19H23FN4O2S. The number of piperidine rings is 1. The van der Waals surface area contributed by atoms with Crippen molar-refractivity contribution in [3.63, 3.8) is 0 Å². The Hall–Kier alpha value is -1.77. The third-order valence-corrected chi connectivity index (χ3v) is 6.99. The zero-order valence-electron chi connectivity index (χ0n) is 15.1. The number of phenolic OH excluding ortho intramolecular Hbond substituents is 1. The van der Waals surface area contributed by atoms with Gasteiger partial charge in [-0.3, -0.25) is 4.90 Å². The lowest BCUT2D eigenvalue weighted by Gasteiger charge is -2.47. The van der Waals surface area contributed by atoms with Crippen LogP contribution in [0.3, 0.4) is 0 Å². The maximum absolute atomic E-state index is 13.5. The van der Waals surface area contributed by atoms with Crippen LogP contribution in [0.2, 0.25) is 0 Å². The second kappa shape index (κ2) is 6.68. The van der Waals surface area contributed by atoms with Crippen LogP contribution in [0.1, 0.15) is 30.7 Å². The number of ether oxygens (including phenoxy) is 1. The standard InChI is InChI=1S/C19H23FN4O2S/c20-14-1-2-17(25)16(7-14)13-3-5-23(6-4-13)15-8-19(26-9-15)10-24(11-19)18-22-21-12-27-18/h1-2,7,12-13,15,25H,3-6,8-11H2/t15-/m0/s1. The summed E-state index contributed by atoms with van der Waals surface area (Å²) in [6.07, 6.45) is 2.94. The number of hydrogen-bond acceptors (Lipinski definition) is 7. The van der Waals surface area contributed by atoms with Crippen molar-refractivity contribution in [2.75, 3.05) is 37.7 Å². The summed E-state index contributed by atoms with van der Waals surface area (Å²) >= 11 is 1.57. The first-order valence-corrected chi connectivity index (χ1v) is 10.4. The molecule has 3 fully saturated rings. The van der Waals surface area contributed by atoms with Crippen LogP contribution in [0.5, 0.6) is 5.75 Å². The van der Waals surface area contributed by atoms with Gasteiger partial charge in [0.15, 0.2) is 0 Å². The first-order valence-electron chi connectivity index (χ1n) is 9.49. The van der Waals surface area contributed by atoms with Crippen molar-refractivity contribution in [1.29, 1.82) is 0 Å². The fraction of sp³-hybridized carbons (Fsp3) is 0.579. The molecule has 2 aromatic rings. The topological polar surface area (TPSA) is 61.7 Å². The number of benzene rings is 1. The van der Waals surface area contributed by atoms with Gasteiger partial charge in [0, 0.05) is 6.04 Å². The molecule has 6 nitrogen and oxygen atoms in total. The van der Waals surface area contributed by atoms with E-state index in [0.29, 0.717) is 6.04 Å². The molecule has 144 valence electrons. The van der Waals surface area contributed by atoms with Crippen LogP contribution in [0.15, 0.2) is 23.7 Å². The van der Waals surface area contributed by atoms with E-state index in [1.54, 1.807) is 16.8 Å². The van der Waals surface area contributed by atoms with Crippen molar-refractivity contribution in [3.05, 3.63) is 35.1 Å². The maximum atomic E-state index is 13.5. The number of halogens is 1. The highest BCUT2D eigenvalue weighted by Crippen LogP contribution is 2.41. The van der Waals surface area contributed by atoms with E-state index in [-0.39, 0.29) is 23.1 Å². The van der Waals surface area contributed by atoms with E-state index < -0.39 is 0 Å². The van der Waals surface area contributed by atoms with Crippen LogP contribution < -0.4 is 4.90 Å². The van der Waals surface area contributed by atoms with Gasteiger partial charge in [-0.05, 0) is 62.0 Å². The summed E-state index contributed by atoms with van der Waals surface area (Å²) in [4.78, 5) is 4.74. The number of aromatic hydroxyl groups is 1. The predicted molar refractivity (Wildman–Crippen MR) is 101 cm³/mol. The Labute approximate surface area is 161 Å². The number of nitrogens with zero attached hydrogens (tertiary/aromatic N) is 4. The second-order valence-electron chi connectivity index (χ2n) is 7.94. The van der Waals surface area contributed by atoms with Crippen molar-refractivity contribution < 1.29 is 14.2 Å². The number of anilines is 1. The predicted octanol–water partition coefficient (Wildman–Crippen LogP) is 2.61. The average Bonchev–Trinajstić information content (AvgIpc) is 3.32. The summed E-state index contributed by atoms with van der Waals surface area (Å²) in [5.41, 5.74) is 2.48. The Kier molecular flexibility index (Phi) is 4.29. The number of hydrogen-bond donors (Lipinski definition) is 1. The molecule has 1 spiro atoms. The summed E-state index contributed by atoms with van der Waals surface area (Å²) in [7, 11) is 0. The van der Waals surface area contributed by atoms with Gasteiger partial charge in [-0.2, -0.15) is 0 Å². The molecule has 5 rings (SSSR count). The second-order valence-corrected chi connectivity index (χ2v) is 8.75. The summed E-state index contributed by atoms with van der Waals surface area (Å²) < 4.78 is 19.7. The molecule has 0 aliphatic carbocycles. The van der Waals surface area contributed by atoms with E-state index >= 15 is 0 Å². The van der Waals surface area contributed by atoms with Crippen LogP contribution >= 0.6 is 11.3 Å². The van der Waals surface area contributed by atoms with Gasteiger partial charge in [-0.25, -0.2) is 4.39 Å². The first kappa shape index (κ1) is 17.3. The fourth-order valence-corrected chi connectivity index (χ4v) is 5.35. The van der Waals surface area contributed by atoms with Gasteiger partial charge in [-0.15, -0.1) is 10.2 Å². The van der Waals surface area contributed by atoms with Gasteiger partial charge >= 0.3 is 0 Å². The van der Waals surface area contributed by atoms with Crippen molar-refractivity contribution in [3.8, 4) is 5.75 Å².